The van der Waals surface area contributed by atoms with E-state index in [9.17, 15) is 0 Å². The fraction of sp³-hybridized carbons (Fsp3) is 0.667. The number of hydrogen-bond donors (Lipinski definition) is 0. The fourth-order valence-electron chi connectivity index (χ4n) is 5.46. The molecule has 3 atom stereocenters. The summed E-state index contributed by atoms with van der Waals surface area (Å²) in [5, 5.41) is 0. The molecule has 0 N–H and O–H groups in total. The van der Waals surface area contributed by atoms with Gasteiger partial charge in [-0.05, 0) is 72.6 Å². The van der Waals surface area contributed by atoms with Crippen LogP contribution in [-0.2, 0) is 11.8 Å². The molecular weight excluding hydrogens is 232 g/mol. The van der Waals surface area contributed by atoms with Crippen molar-refractivity contribution < 1.29 is 4.74 Å². The van der Waals surface area contributed by atoms with Gasteiger partial charge in [-0.2, -0.15) is 0 Å². The topological polar surface area (TPSA) is 9.23 Å². The second kappa shape index (κ2) is 4.26. The van der Waals surface area contributed by atoms with Crippen LogP contribution in [0.1, 0.15) is 56.1 Å². The Morgan fingerprint density at radius 3 is 2.89 bits per heavy atom. The number of fused-ring (bicyclic) bond motifs is 1. The lowest BCUT2D eigenvalue weighted by Crippen LogP contribution is -2.49. The quantitative estimate of drug-likeness (QED) is 0.720. The van der Waals surface area contributed by atoms with Gasteiger partial charge in [0.25, 0.3) is 0 Å². The molecule has 1 aromatic carbocycles. The van der Waals surface area contributed by atoms with Gasteiger partial charge in [-0.1, -0.05) is 25.3 Å². The molecule has 1 aromatic rings. The Kier molecular flexibility index (Phi) is 2.65. The molecular formula is C18H24O. The third-order valence-corrected chi connectivity index (χ3v) is 6.20. The van der Waals surface area contributed by atoms with Gasteiger partial charge in [-0.3, -0.25) is 0 Å². The zero-order chi connectivity index (χ0) is 12.9. The minimum atomic E-state index is 0.517. The molecule has 1 heteroatoms. The van der Waals surface area contributed by atoms with Gasteiger partial charge >= 0.3 is 0 Å². The molecule has 0 amide bonds. The maximum Gasteiger partial charge on any atom is 0.119 e. The molecule has 0 saturated heterocycles. The Morgan fingerprint density at radius 2 is 2.00 bits per heavy atom. The average Bonchev–Trinajstić information content (AvgIpc) is 2.47. The van der Waals surface area contributed by atoms with Crippen molar-refractivity contribution in [2.24, 2.45) is 11.8 Å². The van der Waals surface area contributed by atoms with E-state index in [-0.39, 0.29) is 0 Å². The number of methoxy groups -OCH3 is 1. The highest BCUT2D eigenvalue weighted by Crippen LogP contribution is 2.58. The van der Waals surface area contributed by atoms with Crippen molar-refractivity contribution in [1.82, 2.24) is 0 Å². The normalized spacial score (nSPS) is 36.3. The highest BCUT2D eigenvalue weighted by molar-refractivity contribution is 5.44. The van der Waals surface area contributed by atoms with Gasteiger partial charge in [-0.15, -0.1) is 0 Å². The first-order valence-electron chi connectivity index (χ1n) is 8.01. The van der Waals surface area contributed by atoms with Gasteiger partial charge in [0.2, 0.25) is 0 Å². The largest absolute Gasteiger partial charge is 0.497 e. The highest BCUT2D eigenvalue weighted by Gasteiger charge is 2.51. The Labute approximate surface area is 116 Å². The minimum absolute atomic E-state index is 0.517. The van der Waals surface area contributed by atoms with Crippen LogP contribution in [0.2, 0.25) is 0 Å². The summed E-state index contributed by atoms with van der Waals surface area (Å²) < 4.78 is 5.49. The Morgan fingerprint density at radius 1 is 1.11 bits per heavy atom. The first-order valence-corrected chi connectivity index (χ1v) is 8.01. The molecule has 1 unspecified atom stereocenters. The molecule has 4 rings (SSSR count). The smallest absolute Gasteiger partial charge is 0.119 e. The van der Waals surface area contributed by atoms with Crippen LogP contribution in [0.3, 0.4) is 0 Å². The predicted octanol–water partition coefficient (Wildman–Crippen LogP) is 4.48. The second-order valence-electron chi connectivity index (χ2n) is 6.89. The van der Waals surface area contributed by atoms with E-state index in [1.165, 1.54) is 51.4 Å². The zero-order valence-electron chi connectivity index (χ0n) is 12.0. The van der Waals surface area contributed by atoms with E-state index in [2.05, 4.69) is 18.2 Å². The third-order valence-electron chi connectivity index (χ3n) is 6.20. The lowest BCUT2D eigenvalue weighted by Gasteiger charge is -2.55. The van der Waals surface area contributed by atoms with Crippen LogP contribution in [-0.4, -0.2) is 7.11 Å². The predicted molar refractivity (Wildman–Crippen MR) is 77.7 cm³/mol. The van der Waals surface area contributed by atoms with Crippen LogP contribution in [0, 0.1) is 11.8 Å². The second-order valence-corrected chi connectivity index (χ2v) is 6.89. The summed E-state index contributed by atoms with van der Waals surface area (Å²) in [6.45, 7) is 0. The number of rotatable bonds is 1. The molecule has 19 heavy (non-hydrogen) atoms. The van der Waals surface area contributed by atoms with Crippen molar-refractivity contribution in [3.05, 3.63) is 29.3 Å². The summed E-state index contributed by atoms with van der Waals surface area (Å²) in [5.74, 6) is 2.99. The van der Waals surface area contributed by atoms with Gasteiger partial charge in [-0.25, -0.2) is 0 Å². The zero-order valence-corrected chi connectivity index (χ0v) is 12.0. The van der Waals surface area contributed by atoms with Gasteiger partial charge in [0.05, 0.1) is 7.11 Å². The van der Waals surface area contributed by atoms with Crippen LogP contribution in [0.4, 0.5) is 0 Å². The molecule has 0 heterocycles. The van der Waals surface area contributed by atoms with Crippen LogP contribution < -0.4 is 4.74 Å². The molecule has 3 aliphatic carbocycles. The van der Waals surface area contributed by atoms with Crippen molar-refractivity contribution in [2.45, 2.75) is 56.8 Å². The molecule has 0 radical (unpaired) electrons. The maximum atomic E-state index is 5.49. The summed E-state index contributed by atoms with van der Waals surface area (Å²) in [7, 11) is 1.80. The van der Waals surface area contributed by atoms with Crippen LogP contribution in [0.25, 0.3) is 0 Å². The Hall–Kier alpha value is -0.980. The lowest BCUT2D eigenvalue weighted by molar-refractivity contribution is 0.0521. The van der Waals surface area contributed by atoms with E-state index in [0.717, 1.165) is 17.6 Å². The fourth-order valence-corrected chi connectivity index (χ4v) is 5.46. The minimum Gasteiger partial charge on any atom is -0.497 e. The first-order chi connectivity index (χ1) is 9.33. The molecule has 2 fully saturated rings. The third kappa shape index (κ3) is 1.60. The molecule has 0 aliphatic heterocycles. The number of benzene rings is 1. The van der Waals surface area contributed by atoms with Gasteiger partial charge < -0.3 is 4.74 Å². The van der Waals surface area contributed by atoms with E-state index < -0.39 is 0 Å². The monoisotopic (exact) mass is 256 g/mol. The molecule has 0 aromatic heterocycles. The van der Waals surface area contributed by atoms with Crippen LogP contribution in [0.15, 0.2) is 18.2 Å². The van der Waals surface area contributed by atoms with E-state index in [4.69, 9.17) is 4.74 Å². The summed E-state index contributed by atoms with van der Waals surface area (Å²) in [4.78, 5) is 0. The van der Waals surface area contributed by atoms with Crippen molar-refractivity contribution in [1.29, 1.82) is 0 Å². The standard InChI is InChI=1S/C18H24O/c1-19-15-8-7-14-11-13-5-4-10-18(17(14)12-15)9-3-2-6-16(13)18/h7-8,12-13,16H,2-6,9-11H2,1H3/t13?,16-,18+/m1/s1. The van der Waals surface area contributed by atoms with Crippen molar-refractivity contribution in [2.75, 3.05) is 7.11 Å². The summed E-state index contributed by atoms with van der Waals surface area (Å²) in [5.41, 5.74) is 3.81. The van der Waals surface area contributed by atoms with E-state index in [0.29, 0.717) is 5.41 Å². The van der Waals surface area contributed by atoms with E-state index in [1.807, 2.05) is 0 Å². The van der Waals surface area contributed by atoms with E-state index >= 15 is 0 Å². The molecule has 1 nitrogen and oxygen atoms in total. The molecule has 2 saturated carbocycles. The van der Waals surface area contributed by atoms with Crippen molar-refractivity contribution >= 4 is 0 Å². The van der Waals surface area contributed by atoms with E-state index in [1.54, 1.807) is 18.2 Å². The molecule has 2 bridgehead atoms. The summed E-state index contributed by atoms with van der Waals surface area (Å²) in [6.07, 6.45) is 11.5. The molecule has 0 spiro atoms. The highest BCUT2D eigenvalue weighted by atomic mass is 16.5. The van der Waals surface area contributed by atoms with Crippen molar-refractivity contribution in [3.63, 3.8) is 0 Å². The lowest BCUT2D eigenvalue weighted by atomic mass is 9.49. The maximum absolute atomic E-state index is 5.49. The van der Waals surface area contributed by atoms with Gasteiger partial charge in [0, 0.05) is 0 Å². The summed E-state index contributed by atoms with van der Waals surface area (Å²) >= 11 is 0. The van der Waals surface area contributed by atoms with Crippen LogP contribution >= 0.6 is 0 Å². The number of hydrogen-bond acceptors (Lipinski definition) is 1. The Bertz CT molecular complexity index is 488. The SMILES string of the molecule is COc1ccc2c(c1)[C@]13CCCC[C@@H]1C(CCC3)C2. The van der Waals surface area contributed by atoms with Crippen molar-refractivity contribution in [3.8, 4) is 5.75 Å². The summed E-state index contributed by atoms with van der Waals surface area (Å²) in [6, 6.07) is 6.88. The number of ether oxygens (including phenoxy) is 1. The average molecular weight is 256 g/mol. The molecule has 3 aliphatic rings. The van der Waals surface area contributed by atoms with Gasteiger partial charge in [0.1, 0.15) is 5.75 Å². The molecule has 102 valence electrons. The Balaban J connectivity index is 1.88. The van der Waals surface area contributed by atoms with Gasteiger partial charge in [0.15, 0.2) is 0 Å². The first kappa shape index (κ1) is 11.8. The van der Waals surface area contributed by atoms with Crippen LogP contribution in [0.5, 0.6) is 5.75 Å².